The zero-order chi connectivity index (χ0) is 12.3. The van der Waals surface area contributed by atoms with E-state index in [-0.39, 0.29) is 0 Å². The zero-order valence-electron chi connectivity index (χ0n) is 11.1. The smallest absolute Gasteiger partial charge is 0.0898 e. The van der Waals surface area contributed by atoms with Crippen LogP contribution in [-0.2, 0) is 0 Å². The van der Waals surface area contributed by atoms with Crippen LogP contribution >= 0.6 is 11.3 Å². The second-order valence-electron chi connectivity index (χ2n) is 4.97. The summed E-state index contributed by atoms with van der Waals surface area (Å²) < 4.78 is 0. The van der Waals surface area contributed by atoms with E-state index in [1.807, 2.05) is 0 Å². The molecule has 1 aliphatic rings. The maximum atomic E-state index is 4.61. The quantitative estimate of drug-likeness (QED) is 0.897. The van der Waals surface area contributed by atoms with Gasteiger partial charge in [-0.25, -0.2) is 4.98 Å². The summed E-state index contributed by atoms with van der Waals surface area (Å²) in [5.74, 6) is 0. The second kappa shape index (κ2) is 5.94. The molecule has 0 radical (unpaired) electrons. The minimum atomic E-state index is 0.433. The maximum Gasteiger partial charge on any atom is 0.0898 e. The van der Waals surface area contributed by atoms with Crippen molar-refractivity contribution in [2.75, 3.05) is 20.1 Å². The Bertz CT molecular complexity index is 342. The fourth-order valence-corrected chi connectivity index (χ4v) is 3.20. The second-order valence-corrected chi connectivity index (χ2v) is 6.03. The number of rotatable bonds is 3. The van der Waals surface area contributed by atoms with Crippen molar-refractivity contribution in [1.29, 1.82) is 0 Å². The average Bonchev–Trinajstić information content (AvgIpc) is 2.60. The van der Waals surface area contributed by atoms with Crippen molar-refractivity contribution in [2.45, 2.75) is 45.2 Å². The molecule has 0 bridgehead atoms. The van der Waals surface area contributed by atoms with Crippen LogP contribution in [0.25, 0.3) is 0 Å². The van der Waals surface area contributed by atoms with Gasteiger partial charge in [0.1, 0.15) is 0 Å². The lowest BCUT2D eigenvalue weighted by Gasteiger charge is -2.31. The number of thiazole rings is 1. The predicted octanol–water partition coefficient (Wildman–Crippen LogP) is 2.59. The Morgan fingerprint density at radius 3 is 3.00 bits per heavy atom. The topological polar surface area (TPSA) is 28.2 Å². The molecule has 1 aromatic rings. The van der Waals surface area contributed by atoms with Crippen molar-refractivity contribution in [3.8, 4) is 0 Å². The lowest BCUT2D eigenvalue weighted by atomic mass is 10.1. The van der Waals surface area contributed by atoms with Crippen LogP contribution in [0.15, 0.2) is 5.38 Å². The van der Waals surface area contributed by atoms with E-state index in [1.165, 1.54) is 36.5 Å². The Balaban J connectivity index is 2.00. The van der Waals surface area contributed by atoms with Crippen molar-refractivity contribution in [2.24, 2.45) is 0 Å². The number of aromatic nitrogens is 1. The van der Waals surface area contributed by atoms with Crippen LogP contribution in [0.2, 0.25) is 0 Å². The molecule has 0 aliphatic carbocycles. The minimum absolute atomic E-state index is 0.433. The molecule has 2 atom stereocenters. The van der Waals surface area contributed by atoms with Crippen LogP contribution in [0.5, 0.6) is 0 Å². The summed E-state index contributed by atoms with van der Waals surface area (Å²) in [5.41, 5.74) is 1.23. The Hall–Kier alpha value is -0.450. The summed E-state index contributed by atoms with van der Waals surface area (Å²) in [5, 5.41) is 6.84. The van der Waals surface area contributed by atoms with Gasteiger partial charge in [-0.05, 0) is 53.2 Å². The fraction of sp³-hybridized carbons (Fsp3) is 0.769. The Labute approximate surface area is 108 Å². The molecular formula is C13H23N3S. The highest BCUT2D eigenvalue weighted by Crippen LogP contribution is 2.25. The van der Waals surface area contributed by atoms with Crippen molar-refractivity contribution in [1.82, 2.24) is 15.2 Å². The van der Waals surface area contributed by atoms with Gasteiger partial charge in [-0.15, -0.1) is 11.3 Å². The summed E-state index contributed by atoms with van der Waals surface area (Å²) in [4.78, 5) is 7.11. The van der Waals surface area contributed by atoms with Gasteiger partial charge in [0.2, 0.25) is 0 Å². The van der Waals surface area contributed by atoms with Gasteiger partial charge in [0.05, 0.1) is 16.7 Å². The van der Waals surface area contributed by atoms with E-state index in [1.54, 1.807) is 11.3 Å². The highest BCUT2D eigenvalue weighted by atomic mass is 32.1. The first-order chi connectivity index (χ1) is 8.18. The van der Waals surface area contributed by atoms with Crippen molar-refractivity contribution in [3.05, 3.63) is 16.1 Å². The number of aryl methyl sites for hydroxylation is 1. The molecule has 1 N–H and O–H groups in total. The van der Waals surface area contributed by atoms with E-state index in [2.05, 4.69) is 41.5 Å². The maximum absolute atomic E-state index is 4.61. The standard InChI is InChI=1S/C13H23N3S/c1-10(13-9-17-11(2)15-13)16(3)12-5-4-7-14-8-6-12/h9-10,12,14H,4-8H2,1-3H3. The normalized spacial score (nSPS) is 23.6. The molecule has 1 saturated heterocycles. The van der Waals surface area contributed by atoms with Crippen LogP contribution in [0.1, 0.15) is 42.9 Å². The molecule has 96 valence electrons. The van der Waals surface area contributed by atoms with Crippen molar-refractivity contribution in [3.63, 3.8) is 0 Å². The first-order valence-electron chi connectivity index (χ1n) is 6.53. The molecule has 0 aromatic carbocycles. The van der Waals surface area contributed by atoms with E-state index in [9.17, 15) is 0 Å². The van der Waals surface area contributed by atoms with Gasteiger partial charge in [0.15, 0.2) is 0 Å². The van der Waals surface area contributed by atoms with Crippen LogP contribution in [0, 0.1) is 6.92 Å². The lowest BCUT2D eigenvalue weighted by molar-refractivity contribution is 0.169. The number of hydrogen-bond acceptors (Lipinski definition) is 4. The third-order valence-corrected chi connectivity index (χ3v) is 4.59. The number of nitrogens with one attached hydrogen (secondary N) is 1. The molecule has 2 heterocycles. The van der Waals surface area contributed by atoms with E-state index in [0.717, 1.165) is 6.54 Å². The van der Waals surface area contributed by atoms with Crippen LogP contribution in [0.3, 0.4) is 0 Å². The van der Waals surface area contributed by atoms with E-state index in [0.29, 0.717) is 12.1 Å². The van der Waals surface area contributed by atoms with Crippen LogP contribution in [-0.4, -0.2) is 36.1 Å². The molecule has 4 heteroatoms. The van der Waals surface area contributed by atoms with Crippen molar-refractivity contribution >= 4 is 11.3 Å². The third-order valence-electron chi connectivity index (χ3n) is 3.80. The van der Waals surface area contributed by atoms with Gasteiger partial charge in [0.25, 0.3) is 0 Å². The molecule has 3 nitrogen and oxygen atoms in total. The summed E-state index contributed by atoms with van der Waals surface area (Å²) in [6.45, 7) is 6.68. The lowest BCUT2D eigenvalue weighted by Crippen LogP contribution is -2.34. The third kappa shape index (κ3) is 3.27. The monoisotopic (exact) mass is 253 g/mol. The molecule has 0 saturated carbocycles. The summed E-state index contributed by atoms with van der Waals surface area (Å²) in [6.07, 6.45) is 3.85. The van der Waals surface area contributed by atoms with E-state index >= 15 is 0 Å². The van der Waals surface area contributed by atoms with E-state index < -0.39 is 0 Å². The minimum Gasteiger partial charge on any atom is -0.317 e. The number of nitrogens with zero attached hydrogens (tertiary/aromatic N) is 2. The first-order valence-corrected chi connectivity index (χ1v) is 7.41. The highest BCUT2D eigenvalue weighted by Gasteiger charge is 2.23. The predicted molar refractivity (Wildman–Crippen MR) is 73.5 cm³/mol. The Morgan fingerprint density at radius 2 is 2.29 bits per heavy atom. The Kier molecular flexibility index (Phi) is 4.54. The highest BCUT2D eigenvalue weighted by molar-refractivity contribution is 7.09. The number of hydrogen-bond donors (Lipinski definition) is 1. The van der Waals surface area contributed by atoms with Gasteiger partial charge >= 0.3 is 0 Å². The van der Waals surface area contributed by atoms with Crippen LogP contribution in [0.4, 0.5) is 0 Å². The SMILES string of the molecule is Cc1nc(C(C)N(C)C2CCCNCC2)cs1. The molecule has 0 spiro atoms. The van der Waals surface area contributed by atoms with Gasteiger partial charge < -0.3 is 5.32 Å². The molecule has 2 unspecified atom stereocenters. The first kappa shape index (κ1) is 13.0. The molecular weight excluding hydrogens is 230 g/mol. The summed E-state index contributed by atoms with van der Waals surface area (Å²) >= 11 is 1.75. The van der Waals surface area contributed by atoms with Gasteiger partial charge in [-0.1, -0.05) is 0 Å². The molecule has 17 heavy (non-hydrogen) atoms. The average molecular weight is 253 g/mol. The fourth-order valence-electron chi connectivity index (χ4n) is 2.50. The molecule has 0 amide bonds. The summed E-state index contributed by atoms with van der Waals surface area (Å²) in [6, 6.07) is 1.13. The molecule has 1 aromatic heterocycles. The molecule has 1 fully saturated rings. The molecule has 1 aliphatic heterocycles. The zero-order valence-corrected chi connectivity index (χ0v) is 11.9. The largest absolute Gasteiger partial charge is 0.317 e. The van der Waals surface area contributed by atoms with Gasteiger partial charge in [-0.3, -0.25) is 4.90 Å². The van der Waals surface area contributed by atoms with Gasteiger partial charge in [-0.2, -0.15) is 0 Å². The Morgan fingerprint density at radius 1 is 1.47 bits per heavy atom. The van der Waals surface area contributed by atoms with E-state index in [4.69, 9.17) is 0 Å². The van der Waals surface area contributed by atoms with Crippen LogP contribution < -0.4 is 5.32 Å². The summed E-state index contributed by atoms with van der Waals surface area (Å²) in [7, 11) is 2.25. The van der Waals surface area contributed by atoms with Crippen molar-refractivity contribution < 1.29 is 0 Å². The molecule has 2 rings (SSSR count). The van der Waals surface area contributed by atoms with Gasteiger partial charge in [0, 0.05) is 11.4 Å².